The van der Waals surface area contributed by atoms with Crippen molar-refractivity contribution < 1.29 is 26.4 Å². The summed E-state index contributed by atoms with van der Waals surface area (Å²) in [5.74, 6) is -0.676. The first-order valence-corrected chi connectivity index (χ1v) is 11.5. The summed E-state index contributed by atoms with van der Waals surface area (Å²) < 4.78 is 65.0. The molecule has 0 aliphatic rings. The van der Waals surface area contributed by atoms with Crippen molar-refractivity contribution in [1.29, 1.82) is 0 Å². The van der Waals surface area contributed by atoms with Crippen LogP contribution in [0.1, 0.15) is 5.56 Å². The summed E-state index contributed by atoms with van der Waals surface area (Å²) in [7, 11) is -3.60. The van der Waals surface area contributed by atoms with E-state index in [1.165, 1.54) is 30.3 Å². The van der Waals surface area contributed by atoms with E-state index in [0.29, 0.717) is 0 Å². The zero-order valence-electron chi connectivity index (χ0n) is 17.4. The Morgan fingerprint density at radius 1 is 1.12 bits per heavy atom. The molecule has 0 unspecified atom stereocenters. The highest BCUT2D eigenvalue weighted by Crippen LogP contribution is 2.30. The van der Waals surface area contributed by atoms with Crippen LogP contribution in [0, 0.1) is 0 Å². The van der Waals surface area contributed by atoms with Crippen LogP contribution in [0.2, 0.25) is 0 Å². The maximum Gasteiger partial charge on any atom is 0.416 e. The number of nitrogens with zero attached hydrogens (tertiary/aromatic N) is 4. The Kier molecular flexibility index (Phi) is 5.73. The predicted molar refractivity (Wildman–Crippen MR) is 116 cm³/mol. The number of anilines is 1. The molecule has 0 aliphatic carbocycles. The molecule has 0 aliphatic heterocycles. The molecule has 1 amide bonds. The molecule has 0 spiro atoms. The largest absolute Gasteiger partial charge is 0.416 e. The van der Waals surface area contributed by atoms with Gasteiger partial charge in [-0.1, -0.05) is 18.2 Å². The van der Waals surface area contributed by atoms with Crippen LogP contribution in [0.4, 0.5) is 18.9 Å². The monoisotopic (exact) mass is 491 g/mol. The van der Waals surface area contributed by atoms with Crippen molar-refractivity contribution >= 4 is 32.5 Å². The third-order valence-electron chi connectivity index (χ3n) is 4.85. The number of sulfone groups is 1. The van der Waals surface area contributed by atoms with Gasteiger partial charge >= 0.3 is 6.18 Å². The van der Waals surface area contributed by atoms with Gasteiger partial charge in [-0.25, -0.2) is 18.1 Å². The zero-order valence-corrected chi connectivity index (χ0v) is 18.3. The van der Waals surface area contributed by atoms with Crippen molar-refractivity contribution in [3.05, 3.63) is 77.0 Å². The van der Waals surface area contributed by atoms with Gasteiger partial charge in [0.25, 0.3) is 5.56 Å². The van der Waals surface area contributed by atoms with Crippen LogP contribution in [0.5, 0.6) is 0 Å². The molecule has 9 nitrogen and oxygen atoms in total. The van der Waals surface area contributed by atoms with Gasteiger partial charge in [0.15, 0.2) is 15.5 Å². The summed E-state index contributed by atoms with van der Waals surface area (Å²) in [6.45, 7) is -0.478. The molecule has 1 N–H and O–H groups in total. The van der Waals surface area contributed by atoms with Crippen LogP contribution in [0.3, 0.4) is 0 Å². The molecule has 4 rings (SSSR count). The second-order valence-electron chi connectivity index (χ2n) is 7.34. The molecular weight excluding hydrogens is 475 g/mol. The van der Waals surface area contributed by atoms with Gasteiger partial charge in [-0.3, -0.25) is 14.2 Å². The maximum absolute atomic E-state index is 13.0. The summed E-state index contributed by atoms with van der Waals surface area (Å²) in [6, 6.07) is 10.2. The minimum Gasteiger partial charge on any atom is -0.323 e. The molecule has 34 heavy (non-hydrogen) atoms. The molecule has 0 fully saturated rings. The molecule has 0 bridgehead atoms. The normalized spacial score (nSPS) is 12.1. The van der Waals surface area contributed by atoms with Crippen LogP contribution in [-0.2, 0) is 27.4 Å². The quantitative estimate of drug-likeness (QED) is 0.459. The number of nitrogens with one attached hydrogen (secondary N) is 1. The highest BCUT2D eigenvalue weighted by atomic mass is 32.2. The van der Waals surface area contributed by atoms with E-state index in [1.54, 1.807) is 6.07 Å². The topological polar surface area (TPSA) is 116 Å². The van der Waals surface area contributed by atoms with Crippen molar-refractivity contribution in [3.63, 3.8) is 0 Å². The standard InChI is InChI=1S/C21H16F3N5O4S/c1-34(32,33)17-8-3-2-7-16(17)27-18(30)11-28-12-25-19-15(20(28)31)10-26-29(19)14-6-4-5-13(9-14)21(22,23)24/h2-10,12H,11H2,1H3,(H,27,30). The molecule has 176 valence electrons. The van der Waals surface area contributed by atoms with Crippen molar-refractivity contribution in [3.8, 4) is 5.69 Å². The van der Waals surface area contributed by atoms with E-state index < -0.39 is 39.6 Å². The number of fused-ring (bicyclic) bond motifs is 1. The van der Waals surface area contributed by atoms with Crippen molar-refractivity contribution in [2.24, 2.45) is 0 Å². The third-order valence-corrected chi connectivity index (χ3v) is 6.00. The fourth-order valence-corrected chi connectivity index (χ4v) is 4.15. The number of amides is 1. The molecule has 4 aromatic rings. The lowest BCUT2D eigenvalue weighted by atomic mass is 10.2. The molecule has 0 saturated carbocycles. The summed E-state index contributed by atoms with van der Waals surface area (Å²) in [5, 5.41) is 6.43. The van der Waals surface area contributed by atoms with Gasteiger partial charge in [0.2, 0.25) is 5.91 Å². The number of carbonyl (C=O) groups is 1. The summed E-state index contributed by atoms with van der Waals surface area (Å²) in [4.78, 5) is 29.3. The summed E-state index contributed by atoms with van der Waals surface area (Å²) >= 11 is 0. The van der Waals surface area contributed by atoms with Gasteiger partial charge in [0, 0.05) is 6.26 Å². The zero-order chi connectivity index (χ0) is 24.7. The van der Waals surface area contributed by atoms with Crippen LogP contribution in [0.25, 0.3) is 16.7 Å². The van der Waals surface area contributed by atoms with E-state index >= 15 is 0 Å². The SMILES string of the molecule is CS(=O)(=O)c1ccccc1NC(=O)Cn1cnc2c(cnn2-c2cccc(C(F)(F)F)c2)c1=O. The minimum absolute atomic E-state index is 0.00996. The molecular formula is C21H16F3N5O4S. The van der Waals surface area contributed by atoms with Crippen LogP contribution in [0.15, 0.2) is 70.7 Å². The van der Waals surface area contributed by atoms with Crippen LogP contribution >= 0.6 is 0 Å². The average molecular weight is 491 g/mol. The summed E-state index contributed by atoms with van der Waals surface area (Å²) in [5.41, 5.74) is -1.38. The average Bonchev–Trinajstić information content (AvgIpc) is 3.20. The first-order valence-electron chi connectivity index (χ1n) is 9.65. The number of benzene rings is 2. The number of halogens is 3. The van der Waals surface area contributed by atoms with E-state index in [2.05, 4.69) is 15.4 Å². The fraction of sp³-hybridized carbons (Fsp3) is 0.143. The Balaban J connectivity index is 1.63. The number of hydrogen-bond acceptors (Lipinski definition) is 6. The van der Waals surface area contributed by atoms with E-state index in [1.807, 2.05) is 0 Å². The highest BCUT2D eigenvalue weighted by Gasteiger charge is 2.30. The van der Waals surface area contributed by atoms with E-state index in [4.69, 9.17) is 0 Å². The first kappa shape index (κ1) is 23.2. The van der Waals surface area contributed by atoms with Crippen molar-refractivity contribution in [2.75, 3.05) is 11.6 Å². The lowest BCUT2D eigenvalue weighted by Gasteiger charge is -2.11. The number of hydrogen-bond donors (Lipinski definition) is 1. The molecule has 2 aromatic carbocycles. The van der Waals surface area contributed by atoms with Gasteiger partial charge in [-0.2, -0.15) is 18.3 Å². The molecule has 0 saturated heterocycles. The summed E-state index contributed by atoms with van der Waals surface area (Å²) in [6.07, 6.45) is -1.33. The van der Waals surface area contributed by atoms with Crippen LogP contribution < -0.4 is 10.9 Å². The van der Waals surface area contributed by atoms with E-state index in [9.17, 15) is 31.2 Å². The maximum atomic E-state index is 13.0. The Morgan fingerprint density at radius 3 is 2.56 bits per heavy atom. The van der Waals surface area contributed by atoms with Gasteiger partial charge in [0.1, 0.15) is 18.3 Å². The Hall–Kier alpha value is -4.00. The number of para-hydroxylation sites is 1. The van der Waals surface area contributed by atoms with E-state index in [0.717, 1.165) is 40.2 Å². The Bertz CT molecular complexity index is 1580. The van der Waals surface area contributed by atoms with Gasteiger partial charge < -0.3 is 5.32 Å². The Labute approximate surface area is 190 Å². The molecule has 0 atom stereocenters. The number of rotatable bonds is 5. The van der Waals surface area contributed by atoms with Gasteiger partial charge in [0.05, 0.1) is 28.0 Å². The first-order chi connectivity index (χ1) is 15.9. The minimum atomic E-state index is -4.55. The van der Waals surface area contributed by atoms with Gasteiger partial charge in [-0.05, 0) is 30.3 Å². The van der Waals surface area contributed by atoms with Crippen molar-refractivity contribution in [1.82, 2.24) is 19.3 Å². The lowest BCUT2D eigenvalue weighted by molar-refractivity contribution is -0.137. The Morgan fingerprint density at radius 2 is 1.85 bits per heavy atom. The fourth-order valence-electron chi connectivity index (χ4n) is 3.30. The second kappa shape index (κ2) is 8.41. The van der Waals surface area contributed by atoms with E-state index in [-0.39, 0.29) is 27.3 Å². The molecule has 2 heterocycles. The number of aromatic nitrogens is 4. The third kappa shape index (κ3) is 4.55. The van der Waals surface area contributed by atoms with Crippen molar-refractivity contribution in [2.45, 2.75) is 17.6 Å². The predicted octanol–water partition coefficient (Wildman–Crippen LogP) is 2.64. The lowest BCUT2D eigenvalue weighted by Crippen LogP contribution is -2.28. The molecule has 0 radical (unpaired) electrons. The second-order valence-corrected chi connectivity index (χ2v) is 9.32. The number of carbonyl (C=O) groups excluding carboxylic acids is 1. The van der Waals surface area contributed by atoms with Gasteiger partial charge in [-0.15, -0.1) is 0 Å². The molecule has 13 heteroatoms. The molecule has 2 aromatic heterocycles. The highest BCUT2D eigenvalue weighted by molar-refractivity contribution is 7.90. The smallest absolute Gasteiger partial charge is 0.323 e. The number of alkyl halides is 3. The van der Waals surface area contributed by atoms with Crippen LogP contribution in [-0.4, -0.2) is 39.9 Å².